The second kappa shape index (κ2) is 4.85. The first-order chi connectivity index (χ1) is 7.81. The summed E-state index contributed by atoms with van der Waals surface area (Å²) in [6, 6.07) is 7.54. The molecule has 1 N–H and O–H groups in total. The fraction of sp³-hybridized carbons (Fsp3) is 0.182. The highest BCUT2D eigenvalue weighted by molar-refractivity contribution is 7.03. The molecule has 0 saturated carbocycles. The monoisotopic (exact) mass is 233 g/mol. The van der Waals surface area contributed by atoms with E-state index in [1.807, 2.05) is 36.6 Å². The minimum absolute atomic E-state index is 0.199. The Labute approximate surface area is 97.6 Å². The molecular weight excluding hydrogens is 222 g/mol. The molecule has 0 amide bonds. The Morgan fingerprint density at radius 2 is 2.12 bits per heavy atom. The van der Waals surface area contributed by atoms with Crippen LogP contribution < -0.4 is 0 Å². The van der Waals surface area contributed by atoms with E-state index in [1.54, 1.807) is 0 Å². The quantitative estimate of drug-likeness (QED) is 0.654. The van der Waals surface area contributed by atoms with Crippen molar-refractivity contribution >= 4 is 17.4 Å². The van der Waals surface area contributed by atoms with Gasteiger partial charge in [-0.1, -0.05) is 16.6 Å². The van der Waals surface area contributed by atoms with Crippen LogP contribution in [-0.2, 0) is 4.74 Å². The molecule has 0 aliphatic rings. The van der Waals surface area contributed by atoms with Crippen molar-refractivity contribution in [3.63, 3.8) is 0 Å². The van der Waals surface area contributed by atoms with Crippen LogP contribution in [0.25, 0.3) is 11.3 Å². The summed E-state index contributed by atoms with van der Waals surface area (Å²) in [6.45, 7) is 2.38. The number of nitrogens with one attached hydrogen (secondary N) is 1. The molecule has 2 rings (SSSR count). The fourth-order valence-electron chi connectivity index (χ4n) is 1.31. The molecule has 0 atom stereocenters. The van der Waals surface area contributed by atoms with Crippen LogP contribution in [-0.4, -0.2) is 22.1 Å². The lowest BCUT2D eigenvalue weighted by atomic mass is 10.1. The average Bonchev–Trinajstić information content (AvgIpc) is 2.83. The third kappa shape index (κ3) is 2.25. The minimum atomic E-state index is 0.199. The number of rotatable bonds is 3. The molecule has 0 spiro atoms. The summed E-state index contributed by atoms with van der Waals surface area (Å²) in [5, 5.41) is 13.5. The molecular formula is C11H11N3OS. The lowest BCUT2D eigenvalue weighted by Crippen LogP contribution is -2.04. The molecule has 2 aromatic rings. The minimum Gasteiger partial charge on any atom is -0.478 e. The Hall–Kier alpha value is -1.75. The van der Waals surface area contributed by atoms with Gasteiger partial charge in [-0.05, 0) is 30.6 Å². The third-order valence-corrected chi connectivity index (χ3v) is 2.60. The van der Waals surface area contributed by atoms with Gasteiger partial charge in [-0.2, -0.15) is 0 Å². The normalized spacial score (nSPS) is 10.1. The van der Waals surface area contributed by atoms with Gasteiger partial charge in [0.2, 0.25) is 5.90 Å². The Bertz CT molecular complexity index is 464. The Balaban J connectivity index is 2.20. The van der Waals surface area contributed by atoms with Crippen molar-refractivity contribution < 1.29 is 4.74 Å². The maximum atomic E-state index is 7.63. The highest BCUT2D eigenvalue weighted by Gasteiger charge is 2.04. The maximum absolute atomic E-state index is 7.63. The molecule has 16 heavy (non-hydrogen) atoms. The lowest BCUT2D eigenvalue weighted by Gasteiger charge is -2.04. The average molecular weight is 233 g/mol. The van der Waals surface area contributed by atoms with Crippen LogP contribution in [0.4, 0.5) is 0 Å². The Morgan fingerprint density at radius 3 is 2.69 bits per heavy atom. The van der Waals surface area contributed by atoms with E-state index < -0.39 is 0 Å². The summed E-state index contributed by atoms with van der Waals surface area (Å²) in [4.78, 5) is 0. The molecule has 0 aliphatic carbocycles. The highest BCUT2D eigenvalue weighted by atomic mass is 32.1. The van der Waals surface area contributed by atoms with Crippen LogP contribution in [0.2, 0.25) is 0 Å². The molecule has 1 aromatic heterocycles. The summed E-state index contributed by atoms with van der Waals surface area (Å²) in [5.41, 5.74) is 2.63. The van der Waals surface area contributed by atoms with Crippen LogP contribution in [0.1, 0.15) is 12.5 Å². The van der Waals surface area contributed by atoms with E-state index in [9.17, 15) is 0 Å². The molecule has 4 nitrogen and oxygen atoms in total. The van der Waals surface area contributed by atoms with Gasteiger partial charge in [-0.3, -0.25) is 5.41 Å². The molecule has 0 radical (unpaired) electrons. The number of hydrogen-bond donors (Lipinski definition) is 1. The summed E-state index contributed by atoms with van der Waals surface area (Å²) in [6.07, 6.45) is 0. The Kier molecular flexibility index (Phi) is 3.26. The van der Waals surface area contributed by atoms with Crippen molar-refractivity contribution in [1.82, 2.24) is 9.59 Å². The zero-order valence-electron chi connectivity index (χ0n) is 8.80. The Morgan fingerprint density at radius 1 is 1.38 bits per heavy atom. The van der Waals surface area contributed by atoms with Crippen LogP contribution in [0.5, 0.6) is 0 Å². The molecule has 1 aromatic carbocycles. The molecule has 5 heteroatoms. The van der Waals surface area contributed by atoms with Crippen LogP contribution >= 0.6 is 11.5 Å². The lowest BCUT2D eigenvalue weighted by molar-refractivity contribution is 0.325. The van der Waals surface area contributed by atoms with Gasteiger partial charge in [0.15, 0.2) is 0 Å². The van der Waals surface area contributed by atoms with Gasteiger partial charge in [-0.15, -0.1) is 5.10 Å². The number of nitrogens with zero attached hydrogens (tertiary/aromatic N) is 2. The number of aromatic nitrogens is 2. The molecule has 0 aliphatic heterocycles. The van der Waals surface area contributed by atoms with Crippen molar-refractivity contribution in [2.75, 3.05) is 6.61 Å². The maximum Gasteiger partial charge on any atom is 0.213 e. The summed E-state index contributed by atoms with van der Waals surface area (Å²) >= 11 is 1.33. The second-order valence-electron chi connectivity index (χ2n) is 3.13. The van der Waals surface area contributed by atoms with Crippen LogP contribution in [0.15, 0.2) is 29.6 Å². The van der Waals surface area contributed by atoms with Crippen LogP contribution in [0.3, 0.4) is 0 Å². The zero-order chi connectivity index (χ0) is 11.4. The fourth-order valence-corrected chi connectivity index (χ4v) is 1.78. The molecule has 0 unspecified atom stereocenters. The van der Waals surface area contributed by atoms with Crippen molar-refractivity contribution in [3.05, 3.63) is 35.2 Å². The van der Waals surface area contributed by atoms with Gasteiger partial charge < -0.3 is 4.74 Å². The van der Waals surface area contributed by atoms with E-state index in [0.717, 1.165) is 16.8 Å². The van der Waals surface area contributed by atoms with Crippen molar-refractivity contribution in [2.45, 2.75) is 6.92 Å². The van der Waals surface area contributed by atoms with Crippen molar-refractivity contribution in [2.24, 2.45) is 0 Å². The van der Waals surface area contributed by atoms with Gasteiger partial charge in [0.1, 0.15) is 5.69 Å². The van der Waals surface area contributed by atoms with Gasteiger partial charge >= 0.3 is 0 Å². The van der Waals surface area contributed by atoms with E-state index in [-0.39, 0.29) is 5.90 Å². The first-order valence-electron chi connectivity index (χ1n) is 4.90. The summed E-state index contributed by atoms with van der Waals surface area (Å²) < 4.78 is 8.93. The molecule has 0 fully saturated rings. The van der Waals surface area contributed by atoms with E-state index in [0.29, 0.717) is 6.61 Å². The first kappa shape index (κ1) is 10.8. The van der Waals surface area contributed by atoms with Crippen molar-refractivity contribution in [3.8, 4) is 11.3 Å². The predicted molar refractivity (Wildman–Crippen MR) is 63.8 cm³/mol. The summed E-state index contributed by atoms with van der Waals surface area (Å²) in [7, 11) is 0. The smallest absolute Gasteiger partial charge is 0.213 e. The van der Waals surface area contributed by atoms with E-state index in [1.165, 1.54) is 11.5 Å². The number of hydrogen-bond acceptors (Lipinski definition) is 5. The van der Waals surface area contributed by atoms with E-state index in [4.69, 9.17) is 10.1 Å². The van der Waals surface area contributed by atoms with Crippen molar-refractivity contribution in [1.29, 1.82) is 5.41 Å². The number of ether oxygens (including phenoxy) is 1. The van der Waals surface area contributed by atoms with E-state index in [2.05, 4.69) is 9.59 Å². The van der Waals surface area contributed by atoms with E-state index >= 15 is 0 Å². The largest absolute Gasteiger partial charge is 0.478 e. The topological polar surface area (TPSA) is 58.9 Å². The SMILES string of the molecule is CCOC(=N)c1ccc(-c2csnn2)cc1. The molecule has 0 saturated heterocycles. The van der Waals surface area contributed by atoms with Crippen LogP contribution in [0, 0.1) is 5.41 Å². The summed E-state index contributed by atoms with van der Waals surface area (Å²) in [5.74, 6) is 0.199. The standard InChI is InChI=1S/C11H11N3OS/c1-2-15-11(12)9-5-3-8(4-6-9)10-7-16-14-13-10/h3-7,12H,2H2,1H3. The molecule has 1 heterocycles. The predicted octanol–water partition coefficient (Wildman–Crippen LogP) is 2.57. The first-order valence-corrected chi connectivity index (χ1v) is 5.74. The highest BCUT2D eigenvalue weighted by Crippen LogP contribution is 2.18. The number of benzene rings is 1. The second-order valence-corrected chi connectivity index (χ2v) is 3.74. The van der Waals surface area contributed by atoms with Gasteiger partial charge in [0.05, 0.1) is 6.61 Å². The van der Waals surface area contributed by atoms with Gasteiger partial charge in [0.25, 0.3) is 0 Å². The molecule has 0 bridgehead atoms. The third-order valence-electron chi connectivity index (χ3n) is 2.09. The zero-order valence-corrected chi connectivity index (χ0v) is 9.62. The van der Waals surface area contributed by atoms with Gasteiger partial charge in [0, 0.05) is 16.5 Å². The van der Waals surface area contributed by atoms with Gasteiger partial charge in [-0.25, -0.2) is 0 Å². The molecule has 82 valence electrons.